The van der Waals surface area contributed by atoms with Gasteiger partial charge in [-0.15, -0.1) is 11.6 Å². The van der Waals surface area contributed by atoms with Gasteiger partial charge in [0, 0.05) is 25.5 Å². The average Bonchev–Trinajstić information content (AvgIpc) is 2.90. The standard InChI is InChI=1S/C15H15ClN4/c1-20(2)13-7-6-12-15(18-13)19-14(17-12)11-5-3-4-10(8-11)9-16/h3-8H,9H2,1-2H3,(H,17,18,19). The molecule has 0 unspecified atom stereocenters. The quantitative estimate of drug-likeness (QED) is 0.750. The van der Waals surface area contributed by atoms with Crippen LogP contribution in [0.3, 0.4) is 0 Å². The zero-order chi connectivity index (χ0) is 14.1. The Morgan fingerprint density at radius 3 is 2.75 bits per heavy atom. The summed E-state index contributed by atoms with van der Waals surface area (Å²) in [6.07, 6.45) is 0. The SMILES string of the molecule is CN(C)c1ccc2[nH]c(-c3cccc(CCl)c3)nc2n1. The number of benzene rings is 1. The highest BCUT2D eigenvalue weighted by atomic mass is 35.5. The number of hydrogen-bond acceptors (Lipinski definition) is 3. The first-order valence-electron chi connectivity index (χ1n) is 6.37. The van der Waals surface area contributed by atoms with E-state index < -0.39 is 0 Å². The van der Waals surface area contributed by atoms with E-state index in [1.807, 2.05) is 55.4 Å². The van der Waals surface area contributed by atoms with Crippen molar-refractivity contribution in [2.24, 2.45) is 0 Å². The van der Waals surface area contributed by atoms with Crippen molar-refractivity contribution in [2.45, 2.75) is 5.88 Å². The summed E-state index contributed by atoms with van der Waals surface area (Å²) in [7, 11) is 3.93. The van der Waals surface area contributed by atoms with Crippen molar-refractivity contribution >= 4 is 28.6 Å². The molecule has 2 aromatic heterocycles. The van der Waals surface area contributed by atoms with Gasteiger partial charge in [-0.2, -0.15) is 0 Å². The first kappa shape index (κ1) is 12.9. The molecule has 0 fully saturated rings. The van der Waals surface area contributed by atoms with E-state index in [2.05, 4.69) is 15.0 Å². The molecule has 0 amide bonds. The highest BCUT2D eigenvalue weighted by Gasteiger charge is 2.08. The van der Waals surface area contributed by atoms with Crippen molar-refractivity contribution in [3.8, 4) is 11.4 Å². The smallest absolute Gasteiger partial charge is 0.180 e. The molecular formula is C15H15ClN4. The third kappa shape index (κ3) is 2.34. The van der Waals surface area contributed by atoms with Gasteiger partial charge >= 0.3 is 0 Å². The van der Waals surface area contributed by atoms with E-state index in [4.69, 9.17) is 11.6 Å². The Kier molecular flexibility index (Phi) is 3.32. The average molecular weight is 287 g/mol. The fourth-order valence-corrected chi connectivity index (χ4v) is 2.24. The van der Waals surface area contributed by atoms with E-state index in [1.165, 1.54) is 0 Å². The molecule has 20 heavy (non-hydrogen) atoms. The Hall–Kier alpha value is -2.07. The molecule has 0 radical (unpaired) electrons. The lowest BCUT2D eigenvalue weighted by Gasteiger charge is -2.09. The zero-order valence-corrected chi connectivity index (χ0v) is 12.1. The molecule has 0 aliphatic rings. The van der Waals surface area contributed by atoms with Crippen LogP contribution in [0.15, 0.2) is 36.4 Å². The van der Waals surface area contributed by atoms with Crippen molar-refractivity contribution in [3.05, 3.63) is 42.0 Å². The van der Waals surface area contributed by atoms with E-state index in [0.29, 0.717) is 5.88 Å². The minimum absolute atomic E-state index is 0.497. The van der Waals surface area contributed by atoms with Crippen molar-refractivity contribution in [3.63, 3.8) is 0 Å². The highest BCUT2D eigenvalue weighted by Crippen LogP contribution is 2.22. The molecule has 0 bridgehead atoms. The van der Waals surface area contributed by atoms with Crippen LogP contribution in [-0.4, -0.2) is 29.0 Å². The monoisotopic (exact) mass is 286 g/mol. The van der Waals surface area contributed by atoms with Crippen LogP contribution in [0.1, 0.15) is 5.56 Å². The van der Waals surface area contributed by atoms with Crippen LogP contribution in [0.2, 0.25) is 0 Å². The van der Waals surface area contributed by atoms with Gasteiger partial charge in [0.15, 0.2) is 5.65 Å². The van der Waals surface area contributed by atoms with Crippen molar-refractivity contribution in [1.82, 2.24) is 15.0 Å². The second kappa shape index (κ2) is 5.13. The molecule has 0 aliphatic heterocycles. The Labute approximate surface area is 122 Å². The lowest BCUT2D eigenvalue weighted by Crippen LogP contribution is -2.10. The summed E-state index contributed by atoms with van der Waals surface area (Å²) in [5, 5.41) is 0. The number of nitrogens with zero attached hydrogens (tertiary/aromatic N) is 3. The summed E-state index contributed by atoms with van der Waals surface area (Å²) in [5.41, 5.74) is 3.75. The van der Waals surface area contributed by atoms with Crippen molar-refractivity contribution < 1.29 is 0 Å². The third-order valence-corrected chi connectivity index (χ3v) is 3.45. The molecule has 0 atom stereocenters. The maximum Gasteiger partial charge on any atom is 0.180 e. The number of imidazole rings is 1. The van der Waals surface area contributed by atoms with E-state index in [9.17, 15) is 0 Å². The predicted octanol–water partition coefficient (Wildman–Crippen LogP) is 3.43. The molecule has 4 nitrogen and oxygen atoms in total. The van der Waals surface area contributed by atoms with Gasteiger partial charge in [0.25, 0.3) is 0 Å². The van der Waals surface area contributed by atoms with Gasteiger partial charge in [-0.05, 0) is 23.8 Å². The number of aromatic nitrogens is 3. The fourth-order valence-electron chi connectivity index (χ4n) is 2.07. The second-order valence-corrected chi connectivity index (χ2v) is 5.12. The number of alkyl halides is 1. The number of hydrogen-bond donors (Lipinski definition) is 1. The number of H-pyrrole nitrogens is 1. The van der Waals surface area contributed by atoms with Crippen LogP contribution in [0, 0.1) is 0 Å². The Balaban J connectivity index is 2.08. The molecule has 3 rings (SSSR count). The summed E-state index contributed by atoms with van der Waals surface area (Å²) in [5.74, 6) is 2.21. The normalized spacial score (nSPS) is 10.9. The molecule has 102 valence electrons. The van der Waals surface area contributed by atoms with Gasteiger partial charge in [-0.25, -0.2) is 9.97 Å². The number of fused-ring (bicyclic) bond motifs is 1. The maximum absolute atomic E-state index is 5.87. The molecule has 1 aromatic carbocycles. The summed E-state index contributed by atoms with van der Waals surface area (Å²) >= 11 is 5.87. The number of pyridine rings is 1. The molecule has 2 heterocycles. The minimum atomic E-state index is 0.497. The first-order valence-corrected chi connectivity index (χ1v) is 6.90. The molecule has 0 aliphatic carbocycles. The molecule has 3 aromatic rings. The molecule has 0 saturated heterocycles. The third-order valence-electron chi connectivity index (χ3n) is 3.14. The number of halogens is 1. The van der Waals surface area contributed by atoms with Crippen LogP contribution in [0.5, 0.6) is 0 Å². The van der Waals surface area contributed by atoms with Gasteiger partial charge in [0.05, 0.1) is 5.52 Å². The molecule has 0 saturated carbocycles. The highest BCUT2D eigenvalue weighted by molar-refractivity contribution is 6.17. The predicted molar refractivity (Wildman–Crippen MR) is 83.2 cm³/mol. The summed E-state index contributed by atoms with van der Waals surface area (Å²) < 4.78 is 0. The lowest BCUT2D eigenvalue weighted by atomic mass is 10.1. The number of nitrogens with one attached hydrogen (secondary N) is 1. The maximum atomic E-state index is 5.87. The van der Waals surface area contributed by atoms with Crippen LogP contribution >= 0.6 is 11.6 Å². The minimum Gasteiger partial charge on any atom is -0.363 e. The Morgan fingerprint density at radius 1 is 1.15 bits per heavy atom. The van der Waals surface area contributed by atoms with E-state index in [0.717, 1.165) is 33.9 Å². The van der Waals surface area contributed by atoms with Crippen LogP contribution in [0.25, 0.3) is 22.6 Å². The summed E-state index contributed by atoms with van der Waals surface area (Å²) in [6, 6.07) is 12.0. The van der Waals surface area contributed by atoms with Crippen LogP contribution in [0.4, 0.5) is 5.82 Å². The number of rotatable bonds is 3. The molecule has 1 N–H and O–H groups in total. The second-order valence-electron chi connectivity index (χ2n) is 4.85. The van der Waals surface area contributed by atoms with E-state index >= 15 is 0 Å². The Morgan fingerprint density at radius 2 is 2.00 bits per heavy atom. The largest absolute Gasteiger partial charge is 0.363 e. The number of anilines is 1. The van der Waals surface area contributed by atoms with Crippen molar-refractivity contribution in [1.29, 1.82) is 0 Å². The Bertz CT molecular complexity index is 748. The molecule has 0 spiro atoms. The lowest BCUT2D eigenvalue weighted by molar-refractivity contribution is 1.08. The van der Waals surface area contributed by atoms with Crippen molar-refractivity contribution in [2.75, 3.05) is 19.0 Å². The van der Waals surface area contributed by atoms with Gasteiger partial charge in [0.1, 0.15) is 11.6 Å². The van der Waals surface area contributed by atoms with E-state index in [1.54, 1.807) is 0 Å². The molecule has 5 heteroatoms. The van der Waals surface area contributed by atoms with Gasteiger partial charge in [-0.3, -0.25) is 0 Å². The zero-order valence-electron chi connectivity index (χ0n) is 11.4. The topological polar surface area (TPSA) is 44.8 Å². The van der Waals surface area contributed by atoms with Gasteiger partial charge < -0.3 is 9.88 Å². The summed E-state index contributed by atoms with van der Waals surface area (Å²) in [4.78, 5) is 14.3. The van der Waals surface area contributed by atoms with Crippen LogP contribution in [-0.2, 0) is 5.88 Å². The first-order chi connectivity index (χ1) is 9.67. The van der Waals surface area contributed by atoms with E-state index in [-0.39, 0.29) is 0 Å². The van der Waals surface area contributed by atoms with Gasteiger partial charge in [0.2, 0.25) is 0 Å². The summed E-state index contributed by atoms with van der Waals surface area (Å²) in [6.45, 7) is 0. The fraction of sp³-hybridized carbons (Fsp3) is 0.200. The van der Waals surface area contributed by atoms with Crippen LogP contribution < -0.4 is 4.90 Å². The number of aromatic amines is 1. The molecular weight excluding hydrogens is 272 g/mol. The van der Waals surface area contributed by atoms with Gasteiger partial charge in [-0.1, -0.05) is 18.2 Å².